The first kappa shape index (κ1) is 7.40. The molecular weight excluding hydrogens is 140 g/mol. The van der Waals surface area contributed by atoms with Crippen LogP contribution >= 0.6 is 0 Å². The molecule has 1 heterocycles. The number of nitrogen functional groups attached to an aromatic ring is 2. The van der Waals surface area contributed by atoms with Crippen LogP contribution in [0.2, 0.25) is 0 Å². The Morgan fingerprint density at radius 3 is 2.91 bits per heavy atom. The van der Waals surface area contributed by atoms with Gasteiger partial charge in [-0.05, 0) is 12.3 Å². The fourth-order valence-electron chi connectivity index (χ4n) is 0.700. The molecule has 0 bridgehead atoms. The van der Waals surface area contributed by atoms with E-state index in [1.165, 1.54) is 6.20 Å². The average molecular weight is 150 g/mol. The Morgan fingerprint density at radius 1 is 1.55 bits per heavy atom. The van der Waals surface area contributed by atoms with Crippen LogP contribution in [0.3, 0.4) is 0 Å². The maximum Gasteiger partial charge on any atom is 0.155 e. The highest BCUT2D eigenvalue weighted by molar-refractivity contribution is 5.75. The quantitative estimate of drug-likeness (QED) is 0.582. The molecule has 58 valence electrons. The van der Waals surface area contributed by atoms with Gasteiger partial charge in [-0.2, -0.15) is 0 Å². The Hall–Kier alpha value is -1.71. The molecule has 0 saturated heterocycles. The summed E-state index contributed by atoms with van der Waals surface area (Å²) in [5.41, 5.74) is 12.1. The van der Waals surface area contributed by atoms with Crippen LogP contribution in [0, 0.1) is 0 Å². The summed E-state index contributed by atoms with van der Waals surface area (Å²) >= 11 is 0. The first-order valence-electron chi connectivity index (χ1n) is 3.13. The van der Waals surface area contributed by atoms with Crippen molar-refractivity contribution in [1.82, 2.24) is 4.98 Å². The molecule has 0 unspecified atom stereocenters. The van der Waals surface area contributed by atoms with Crippen molar-refractivity contribution in [1.29, 1.82) is 0 Å². The van der Waals surface area contributed by atoms with E-state index in [9.17, 15) is 0 Å². The number of pyridine rings is 1. The minimum absolute atomic E-state index is 0.451. The van der Waals surface area contributed by atoms with E-state index in [0.29, 0.717) is 17.2 Å². The molecule has 0 amide bonds. The SMILES string of the molecule is C=CNc1nccc(N)c1N. The highest BCUT2D eigenvalue weighted by atomic mass is 15.0. The molecule has 4 nitrogen and oxygen atoms in total. The highest BCUT2D eigenvalue weighted by Crippen LogP contribution is 2.20. The van der Waals surface area contributed by atoms with Gasteiger partial charge in [0, 0.05) is 6.20 Å². The van der Waals surface area contributed by atoms with Crippen molar-refractivity contribution in [2.24, 2.45) is 0 Å². The van der Waals surface area contributed by atoms with Crippen molar-refractivity contribution in [2.45, 2.75) is 0 Å². The van der Waals surface area contributed by atoms with Crippen LogP contribution in [0.5, 0.6) is 0 Å². The average Bonchev–Trinajstić information content (AvgIpc) is 1.99. The first-order chi connectivity index (χ1) is 5.25. The molecule has 11 heavy (non-hydrogen) atoms. The van der Waals surface area contributed by atoms with Crippen molar-refractivity contribution < 1.29 is 0 Å². The fraction of sp³-hybridized carbons (Fsp3) is 0. The molecule has 1 aromatic heterocycles. The molecule has 0 atom stereocenters. The zero-order valence-electron chi connectivity index (χ0n) is 6.04. The van der Waals surface area contributed by atoms with Gasteiger partial charge in [0.05, 0.1) is 11.4 Å². The van der Waals surface area contributed by atoms with E-state index in [-0.39, 0.29) is 0 Å². The van der Waals surface area contributed by atoms with E-state index >= 15 is 0 Å². The second-order valence-electron chi connectivity index (χ2n) is 2.01. The van der Waals surface area contributed by atoms with Crippen LogP contribution in [0.15, 0.2) is 25.0 Å². The second kappa shape index (κ2) is 2.92. The monoisotopic (exact) mass is 150 g/mol. The third-order valence-electron chi connectivity index (χ3n) is 1.26. The Morgan fingerprint density at radius 2 is 2.27 bits per heavy atom. The van der Waals surface area contributed by atoms with Gasteiger partial charge in [-0.3, -0.25) is 0 Å². The molecule has 5 N–H and O–H groups in total. The van der Waals surface area contributed by atoms with Crippen LogP contribution in [0.4, 0.5) is 17.2 Å². The molecule has 0 aliphatic carbocycles. The Bertz CT molecular complexity index is 269. The fourth-order valence-corrected chi connectivity index (χ4v) is 0.700. The topological polar surface area (TPSA) is 77.0 Å². The van der Waals surface area contributed by atoms with E-state index in [4.69, 9.17) is 11.5 Å². The number of nitrogens with one attached hydrogen (secondary N) is 1. The Balaban J connectivity index is 3.05. The van der Waals surface area contributed by atoms with E-state index in [1.54, 1.807) is 12.3 Å². The highest BCUT2D eigenvalue weighted by Gasteiger charge is 1.99. The van der Waals surface area contributed by atoms with Crippen LogP contribution in [0.1, 0.15) is 0 Å². The Kier molecular flexibility index (Phi) is 1.96. The summed E-state index contributed by atoms with van der Waals surface area (Å²) in [6, 6.07) is 1.64. The summed E-state index contributed by atoms with van der Waals surface area (Å²) in [7, 11) is 0. The van der Waals surface area contributed by atoms with Crippen LogP contribution < -0.4 is 16.8 Å². The maximum absolute atomic E-state index is 5.57. The van der Waals surface area contributed by atoms with Gasteiger partial charge in [-0.15, -0.1) is 0 Å². The van der Waals surface area contributed by atoms with Gasteiger partial charge in [0.25, 0.3) is 0 Å². The van der Waals surface area contributed by atoms with Crippen LogP contribution in [-0.4, -0.2) is 4.98 Å². The third kappa shape index (κ3) is 1.40. The van der Waals surface area contributed by atoms with Crippen molar-refractivity contribution in [3.63, 3.8) is 0 Å². The number of nitrogens with two attached hydrogens (primary N) is 2. The van der Waals surface area contributed by atoms with Crippen molar-refractivity contribution in [2.75, 3.05) is 16.8 Å². The van der Waals surface area contributed by atoms with Gasteiger partial charge in [0.1, 0.15) is 0 Å². The van der Waals surface area contributed by atoms with Crippen molar-refractivity contribution in [3.05, 3.63) is 25.0 Å². The van der Waals surface area contributed by atoms with E-state index in [1.807, 2.05) is 0 Å². The lowest BCUT2D eigenvalue weighted by Gasteiger charge is -2.04. The van der Waals surface area contributed by atoms with Gasteiger partial charge in [0.15, 0.2) is 5.82 Å². The Labute approximate surface area is 64.9 Å². The molecular formula is C7H10N4. The number of anilines is 3. The summed E-state index contributed by atoms with van der Waals surface area (Å²) in [6.07, 6.45) is 3.08. The summed E-state index contributed by atoms with van der Waals surface area (Å²) in [6.45, 7) is 3.48. The maximum atomic E-state index is 5.57. The molecule has 0 radical (unpaired) electrons. The minimum atomic E-state index is 0.451. The predicted octanol–water partition coefficient (Wildman–Crippen LogP) is 0.801. The zero-order valence-corrected chi connectivity index (χ0v) is 6.04. The molecule has 0 aliphatic rings. The number of aromatic nitrogens is 1. The lowest BCUT2D eigenvalue weighted by atomic mass is 10.3. The minimum Gasteiger partial charge on any atom is -0.397 e. The molecule has 0 aliphatic heterocycles. The molecule has 4 heteroatoms. The lowest BCUT2D eigenvalue weighted by Crippen LogP contribution is -2.01. The molecule has 1 aromatic rings. The standard InChI is InChI=1S/C7H10N4/c1-2-10-7-6(9)5(8)3-4-11-7/h2-4H,1,9H2,(H3,8,10,11). The molecule has 1 rings (SSSR count). The van der Waals surface area contributed by atoms with Crippen LogP contribution in [0.25, 0.3) is 0 Å². The predicted molar refractivity (Wildman–Crippen MR) is 46.9 cm³/mol. The smallest absolute Gasteiger partial charge is 0.155 e. The molecule has 0 saturated carbocycles. The van der Waals surface area contributed by atoms with E-state index in [2.05, 4.69) is 16.9 Å². The van der Waals surface area contributed by atoms with Gasteiger partial charge >= 0.3 is 0 Å². The van der Waals surface area contributed by atoms with Crippen molar-refractivity contribution >= 4 is 17.2 Å². The summed E-state index contributed by atoms with van der Waals surface area (Å²) in [5, 5.41) is 2.76. The van der Waals surface area contributed by atoms with Crippen LogP contribution in [-0.2, 0) is 0 Å². The van der Waals surface area contributed by atoms with E-state index < -0.39 is 0 Å². The summed E-state index contributed by atoms with van der Waals surface area (Å²) in [5.74, 6) is 0.542. The van der Waals surface area contributed by atoms with E-state index in [0.717, 1.165) is 0 Å². The van der Waals surface area contributed by atoms with Crippen molar-refractivity contribution in [3.8, 4) is 0 Å². The molecule has 0 aromatic carbocycles. The van der Waals surface area contributed by atoms with Gasteiger partial charge in [-0.25, -0.2) is 4.98 Å². The molecule has 0 spiro atoms. The largest absolute Gasteiger partial charge is 0.397 e. The summed E-state index contributed by atoms with van der Waals surface area (Å²) < 4.78 is 0. The van der Waals surface area contributed by atoms with Gasteiger partial charge in [0.2, 0.25) is 0 Å². The third-order valence-corrected chi connectivity index (χ3v) is 1.26. The number of hydrogen-bond donors (Lipinski definition) is 3. The molecule has 0 fully saturated rings. The zero-order chi connectivity index (χ0) is 8.27. The summed E-state index contributed by atoms with van der Waals surface area (Å²) in [4.78, 5) is 3.94. The second-order valence-corrected chi connectivity index (χ2v) is 2.01. The first-order valence-corrected chi connectivity index (χ1v) is 3.13. The van der Waals surface area contributed by atoms with Gasteiger partial charge < -0.3 is 16.8 Å². The number of rotatable bonds is 2. The number of nitrogens with zero attached hydrogens (tertiary/aromatic N) is 1. The lowest BCUT2D eigenvalue weighted by molar-refractivity contribution is 1.31. The van der Waals surface area contributed by atoms with Gasteiger partial charge in [-0.1, -0.05) is 6.58 Å². The number of hydrogen-bond acceptors (Lipinski definition) is 4. The normalized spacial score (nSPS) is 9.09.